The van der Waals surface area contributed by atoms with E-state index in [2.05, 4.69) is 19.9 Å². The van der Waals surface area contributed by atoms with Crippen molar-refractivity contribution in [3.8, 4) is 0 Å². The number of nitrogens with zero attached hydrogens (tertiary/aromatic N) is 2. The van der Waals surface area contributed by atoms with Gasteiger partial charge in [0.2, 0.25) is 0 Å². The van der Waals surface area contributed by atoms with Gasteiger partial charge in [-0.25, -0.2) is 13.4 Å². The minimum atomic E-state index is -3.75. The van der Waals surface area contributed by atoms with E-state index in [1.165, 1.54) is 0 Å². The molecule has 0 aliphatic rings. The van der Waals surface area contributed by atoms with E-state index in [1.807, 2.05) is 0 Å². The highest BCUT2D eigenvalue weighted by atomic mass is 32.2. The van der Waals surface area contributed by atoms with E-state index in [0.717, 1.165) is 6.20 Å². The summed E-state index contributed by atoms with van der Waals surface area (Å²) >= 11 is 0. The van der Waals surface area contributed by atoms with Gasteiger partial charge in [-0.05, 0) is 19.1 Å². The minimum Gasteiger partial charge on any atom is -0.383 e. The van der Waals surface area contributed by atoms with Crippen molar-refractivity contribution >= 4 is 21.7 Å². The molecule has 8 heteroatoms. The van der Waals surface area contributed by atoms with E-state index in [4.69, 9.17) is 5.73 Å². The van der Waals surface area contributed by atoms with E-state index in [1.54, 1.807) is 25.1 Å². The first-order chi connectivity index (χ1) is 7.99. The number of nitrogens with one attached hydrogen (secondary N) is 2. The second-order valence-electron chi connectivity index (χ2n) is 3.42. The Morgan fingerprint density at radius 2 is 2.18 bits per heavy atom. The lowest BCUT2D eigenvalue weighted by Gasteiger charge is -2.06. The number of rotatable bonds is 3. The summed E-state index contributed by atoms with van der Waals surface area (Å²) in [5.74, 6) is 0.232. The van der Waals surface area contributed by atoms with Crippen molar-refractivity contribution in [2.75, 3.05) is 10.5 Å². The first-order valence-electron chi connectivity index (χ1n) is 4.74. The van der Waals surface area contributed by atoms with Gasteiger partial charge >= 0.3 is 0 Å². The summed E-state index contributed by atoms with van der Waals surface area (Å²) in [5, 5.41) is 5.92. The quantitative estimate of drug-likeness (QED) is 0.736. The van der Waals surface area contributed by atoms with Crippen molar-refractivity contribution in [2.45, 2.75) is 11.8 Å². The van der Waals surface area contributed by atoms with Crippen LogP contribution in [0.2, 0.25) is 0 Å². The maximum atomic E-state index is 11.9. The van der Waals surface area contributed by atoms with Crippen molar-refractivity contribution < 1.29 is 8.42 Å². The number of aromatic nitrogens is 3. The fourth-order valence-electron chi connectivity index (χ4n) is 1.29. The zero-order valence-corrected chi connectivity index (χ0v) is 9.82. The van der Waals surface area contributed by atoms with Crippen molar-refractivity contribution in [3.63, 3.8) is 0 Å². The van der Waals surface area contributed by atoms with E-state index in [-0.39, 0.29) is 16.5 Å². The van der Waals surface area contributed by atoms with Crippen molar-refractivity contribution in [3.05, 3.63) is 30.1 Å². The maximum absolute atomic E-state index is 11.9. The van der Waals surface area contributed by atoms with Crippen LogP contribution in [0, 0.1) is 6.92 Å². The lowest BCUT2D eigenvalue weighted by Crippen LogP contribution is -2.14. The van der Waals surface area contributed by atoms with Gasteiger partial charge in [-0.1, -0.05) is 6.07 Å². The maximum Gasteiger partial charge on any atom is 0.268 e. The summed E-state index contributed by atoms with van der Waals surface area (Å²) in [6.45, 7) is 1.77. The van der Waals surface area contributed by atoms with E-state index < -0.39 is 10.0 Å². The molecular weight excluding hydrogens is 242 g/mol. The molecule has 4 N–H and O–H groups in total. The van der Waals surface area contributed by atoms with E-state index >= 15 is 0 Å². The largest absolute Gasteiger partial charge is 0.383 e. The van der Waals surface area contributed by atoms with Gasteiger partial charge in [0.1, 0.15) is 16.5 Å². The number of hydrogen-bond donors (Lipinski definition) is 3. The molecule has 17 heavy (non-hydrogen) atoms. The highest BCUT2D eigenvalue weighted by molar-refractivity contribution is 7.92. The lowest BCUT2D eigenvalue weighted by molar-refractivity contribution is 0.601. The second-order valence-corrected chi connectivity index (χ2v) is 5.07. The van der Waals surface area contributed by atoms with Crippen LogP contribution in [0.5, 0.6) is 0 Å². The molecular formula is C9H11N5O2S. The molecule has 0 saturated heterocycles. The van der Waals surface area contributed by atoms with Crippen LogP contribution in [0.3, 0.4) is 0 Å². The zero-order valence-electron chi connectivity index (χ0n) is 9.01. The molecule has 0 amide bonds. The molecule has 0 atom stereocenters. The van der Waals surface area contributed by atoms with Crippen LogP contribution in [-0.2, 0) is 10.0 Å². The third-order valence-corrected chi connectivity index (χ3v) is 3.43. The molecule has 0 unspecified atom stereocenters. The summed E-state index contributed by atoms with van der Waals surface area (Å²) in [6, 6.07) is 5.03. The summed E-state index contributed by atoms with van der Waals surface area (Å²) < 4.78 is 26.1. The Labute approximate surface area is 98.1 Å². The Bertz CT molecular complexity index is 634. The average molecular weight is 253 g/mol. The summed E-state index contributed by atoms with van der Waals surface area (Å²) in [4.78, 5) is 3.94. The van der Waals surface area contributed by atoms with Gasteiger partial charge < -0.3 is 5.73 Å². The van der Waals surface area contributed by atoms with E-state index in [0.29, 0.717) is 5.69 Å². The Hall–Kier alpha value is -2.09. The lowest BCUT2D eigenvalue weighted by atomic mass is 10.4. The molecule has 0 radical (unpaired) electrons. The normalized spacial score (nSPS) is 11.4. The fourth-order valence-corrected chi connectivity index (χ4v) is 2.32. The number of pyridine rings is 1. The van der Waals surface area contributed by atoms with E-state index in [9.17, 15) is 8.42 Å². The highest BCUT2D eigenvalue weighted by Gasteiger charge is 2.19. The number of hydrogen-bond acceptors (Lipinski definition) is 5. The number of H-pyrrole nitrogens is 1. The number of nitrogens with two attached hydrogens (primary N) is 1. The minimum absolute atomic E-state index is 0.00912. The zero-order chi connectivity index (χ0) is 12.5. The molecule has 0 aliphatic carbocycles. The topological polar surface area (TPSA) is 114 Å². The van der Waals surface area contributed by atoms with Crippen LogP contribution < -0.4 is 10.5 Å². The molecule has 0 fully saturated rings. The second kappa shape index (κ2) is 4.06. The summed E-state index contributed by atoms with van der Waals surface area (Å²) in [5.41, 5.74) is 6.17. The van der Waals surface area contributed by atoms with Crippen molar-refractivity contribution in [1.82, 2.24) is 15.2 Å². The van der Waals surface area contributed by atoms with Gasteiger partial charge in [0.05, 0.1) is 6.20 Å². The number of anilines is 2. The van der Waals surface area contributed by atoms with Gasteiger partial charge in [-0.15, -0.1) is 0 Å². The van der Waals surface area contributed by atoms with Crippen LogP contribution in [0.1, 0.15) is 5.69 Å². The Kier molecular flexibility index (Phi) is 2.72. The Morgan fingerprint density at radius 1 is 1.41 bits per heavy atom. The third kappa shape index (κ3) is 2.36. The number of nitrogen functional groups attached to an aromatic ring is 1. The van der Waals surface area contributed by atoms with Gasteiger partial charge in [0, 0.05) is 5.69 Å². The van der Waals surface area contributed by atoms with Crippen LogP contribution in [-0.4, -0.2) is 23.6 Å². The van der Waals surface area contributed by atoms with Crippen molar-refractivity contribution in [1.29, 1.82) is 0 Å². The van der Waals surface area contributed by atoms with Crippen LogP contribution >= 0.6 is 0 Å². The van der Waals surface area contributed by atoms with Gasteiger partial charge in [-0.2, -0.15) is 5.10 Å². The Morgan fingerprint density at radius 3 is 2.76 bits per heavy atom. The molecule has 7 nitrogen and oxygen atoms in total. The fraction of sp³-hybridized carbons (Fsp3) is 0.111. The predicted octanol–water partition coefficient (Wildman–Crippen LogP) is 0.496. The van der Waals surface area contributed by atoms with Crippen LogP contribution in [0.4, 0.5) is 11.6 Å². The summed E-state index contributed by atoms with van der Waals surface area (Å²) in [7, 11) is -3.75. The molecule has 0 bridgehead atoms. The molecule has 2 aromatic rings. The first-order valence-corrected chi connectivity index (χ1v) is 6.23. The molecule has 0 spiro atoms. The first kappa shape index (κ1) is 11.4. The van der Waals surface area contributed by atoms with Crippen LogP contribution in [0.15, 0.2) is 29.3 Å². The molecule has 0 saturated carbocycles. The predicted molar refractivity (Wildman–Crippen MR) is 62.8 cm³/mol. The number of aromatic amines is 1. The molecule has 90 valence electrons. The molecule has 2 aromatic heterocycles. The van der Waals surface area contributed by atoms with Gasteiger partial charge in [-0.3, -0.25) is 9.82 Å². The monoisotopic (exact) mass is 253 g/mol. The SMILES string of the molecule is Cc1cccc(NS(=O)(=O)c2cn[nH]c2N)n1. The molecule has 2 rings (SSSR count). The Balaban J connectivity index is 2.33. The molecule has 0 aromatic carbocycles. The number of aryl methyl sites for hydroxylation is 1. The number of sulfonamides is 1. The standard InChI is InChI=1S/C9H11N5O2S/c1-6-3-2-4-8(12-6)14-17(15,16)7-5-11-13-9(7)10/h2-5H,1H3,(H,12,14)(H3,10,11,13). The van der Waals surface area contributed by atoms with Crippen molar-refractivity contribution in [2.24, 2.45) is 0 Å². The van der Waals surface area contributed by atoms with Crippen LogP contribution in [0.25, 0.3) is 0 Å². The molecule has 0 aliphatic heterocycles. The third-order valence-electron chi connectivity index (χ3n) is 2.05. The summed E-state index contributed by atoms with van der Waals surface area (Å²) in [6.07, 6.45) is 1.15. The smallest absolute Gasteiger partial charge is 0.268 e. The molecule has 2 heterocycles. The van der Waals surface area contributed by atoms with Gasteiger partial charge in [0.15, 0.2) is 0 Å². The highest BCUT2D eigenvalue weighted by Crippen LogP contribution is 2.17. The van der Waals surface area contributed by atoms with Gasteiger partial charge in [0.25, 0.3) is 10.0 Å². The average Bonchev–Trinajstić information content (AvgIpc) is 2.64.